The van der Waals surface area contributed by atoms with Crippen molar-refractivity contribution in [2.75, 3.05) is 0 Å². The lowest BCUT2D eigenvalue weighted by Crippen LogP contribution is -2.57. The molecule has 0 fully saturated rings. The number of aliphatic carboxylic acids is 1. The maximum Gasteiger partial charge on any atom is 0.331 e. The van der Waals surface area contributed by atoms with Crippen LogP contribution in [0.1, 0.15) is 40.0 Å². The van der Waals surface area contributed by atoms with Gasteiger partial charge in [0.25, 0.3) is 0 Å². The number of hydrogen-bond acceptors (Lipinski definition) is 4. The van der Waals surface area contributed by atoms with E-state index in [0.29, 0.717) is 0 Å². The van der Waals surface area contributed by atoms with Gasteiger partial charge in [-0.1, -0.05) is 13.8 Å². The average molecular weight is 321 g/mol. The molecule has 0 aliphatic heterocycles. The maximum absolute atomic E-state index is 11.3. The number of carboxylic acids is 1. The zero-order valence-electron chi connectivity index (χ0n) is 12.7. The molecule has 1 amide bonds. The minimum Gasteiger partial charge on any atom is -0.478 e. The van der Waals surface area contributed by atoms with Crippen molar-refractivity contribution in [3.8, 4) is 0 Å². The molecule has 1 rings (SSSR count). The van der Waals surface area contributed by atoms with Crippen LogP contribution in [-0.2, 0) is 14.3 Å². The standard InChI is InChI=1S/C14H24N2O4.ClH/c1-4-10(5-2)20-12-7-9(14(18)19)6-11(15)13(12)16-8(3)17;/h7,10-13H,4-6,15H2,1-3H3,(H,16,17)(H,18,19);1H/t11-,12+,13+;/m0./s1. The van der Waals surface area contributed by atoms with Gasteiger partial charge in [-0.05, 0) is 25.3 Å². The molecule has 4 N–H and O–H groups in total. The summed E-state index contributed by atoms with van der Waals surface area (Å²) in [6.07, 6.45) is 2.97. The van der Waals surface area contributed by atoms with Crippen molar-refractivity contribution in [2.24, 2.45) is 5.73 Å². The Labute approximate surface area is 131 Å². The molecule has 0 unspecified atom stereocenters. The first-order chi connectivity index (χ1) is 9.38. The highest BCUT2D eigenvalue weighted by Gasteiger charge is 2.35. The molecule has 0 spiro atoms. The topological polar surface area (TPSA) is 102 Å². The van der Waals surface area contributed by atoms with Gasteiger partial charge in [-0.2, -0.15) is 0 Å². The summed E-state index contributed by atoms with van der Waals surface area (Å²) in [7, 11) is 0. The second-order valence-electron chi connectivity index (χ2n) is 5.13. The van der Waals surface area contributed by atoms with E-state index in [-0.39, 0.29) is 36.4 Å². The minimum atomic E-state index is -0.986. The van der Waals surface area contributed by atoms with Gasteiger partial charge < -0.3 is 20.9 Å². The molecular formula is C14H25ClN2O4. The summed E-state index contributed by atoms with van der Waals surface area (Å²) in [5.41, 5.74) is 6.25. The average Bonchev–Trinajstić information content (AvgIpc) is 2.38. The van der Waals surface area contributed by atoms with Crippen LogP contribution in [0.2, 0.25) is 0 Å². The van der Waals surface area contributed by atoms with Crippen molar-refractivity contribution in [1.29, 1.82) is 0 Å². The highest BCUT2D eigenvalue weighted by molar-refractivity contribution is 5.87. The molecular weight excluding hydrogens is 296 g/mol. The molecule has 3 atom stereocenters. The zero-order valence-corrected chi connectivity index (χ0v) is 13.5. The molecule has 0 heterocycles. The number of carbonyl (C=O) groups is 2. The number of halogens is 1. The van der Waals surface area contributed by atoms with Crippen molar-refractivity contribution >= 4 is 24.3 Å². The third kappa shape index (κ3) is 5.65. The van der Waals surface area contributed by atoms with Gasteiger partial charge in [-0.15, -0.1) is 12.4 Å². The molecule has 1 aliphatic carbocycles. The largest absolute Gasteiger partial charge is 0.478 e. The highest BCUT2D eigenvalue weighted by atomic mass is 35.5. The number of rotatable bonds is 6. The van der Waals surface area contributed by atoms with Crippen LogP contribution >= 0.6 is 12.4 Å². The van der Waals surface area contributed by atoms with Crippen molar-refractivity contribution in [1.82, 2.24) is 5.32 Å². The van der Waals surface area contributed by atoms with Crippen molar-refractivity contribution < 1.29 is 19.4 Å². The van der Waals surface area contributed by atoms with Crippen LogP contribution < -0.4 is 11.1 Å². The first-order valence-electron chi connectivity index (χ1n) is 7.01. The van der Waals surface area contributed by atoms with Gasteiger partial charge in [-0.3, -0.25) is 4.79 Å². The maximum atomic E-state index is 11.3. The molecule has 0 aromatic heterocycles. The van der Waals surface area contributed by atoms with Gasteiger partial charge in [0.05, 0.1) is 18.2 Å². The fraction of sp³-hybridized carbons (Fsp3) is 0.714. The Bertz CT molecular complexity index is 396. The summed E-state index contributed by atoms with van der Waals surface area (Å²) in [6, 6.07) is -0.856. The van der Waals surface area contributed by atoms with E-state index in [1.54, 1.807) is 6.08 Å². The molecule has 1 aliphatic rings. The summed E-state index contributed by atoms with van der Waals surface area (Å²) in [6.45, 7) is 5.43. The van der Waals surface area contributed by atoms with E-state index in [0.717, 1.165) is 12.8 Å². The van der Waals surface area contributed by atoms with E-state index in [2.05, 4.69) is 5.32 Å². The van der Waals surface area contributed by atoms with Gasteiger partial charge >= 0.3 is 5.97 Å². The number of ether oxygens (including phenoxy) is 1. The Morgan fingerprint density at radius 1 is 1.48 bits per heavy atom. The fourth-order valence-corrected chi connectivity index (χ4v) is 2.40. The van der Waals surface area contributed by atoms with E-state index in [9.17, 15) is 9.59 Å². The molecule has 0 saturated carbocycles. The molecule has 0 saturated heterocycles. The van der Waals surface area contributed by atoms with Gasteiger partial charge in [0, 0.05) is 18.5 Å². The Hall–Kier alpha value is -1.11. The Morgan fingerprint density at radius 2 is 2.05 bits per heavy atom. The number of amides is 1. The summed E-state index contributed by atoms with van der Waals surface area (Å²) in [5, 5.41) is 11.9. The molecule has 6 nitrogen and oxygen atoms in total. The third-order valence-electron chi connectivity index (χ3n) is 3.54. The van der Waals surface area contributed by atoms with E-state index in [1.165, 1.54) is 6.92 Å². The molecule has 7 heteroatoms. The molecule has 0 aromatic carbocycles. The molecule has 0 bridgehead atoms. The molecule has 21 heavy (non-hydrogen) atoms. The second-order valence-corrected chi connectivity index (χ2v) is 5.13. The van der Waals surface area contributed by atoms with Crippen LogP contribution in [0.25, 0.3) is 0 Å². The summed E-state index contributed by atoms with van der Waals surface area (Å²) >= 11 is 0. The Morgan fingerprint density at radius 3 is 2.48 bits per heavy atom. The number of hydrogen-bond donors (Lipinski definition) is 3. The second kappa shape index (κ2) is 9.02. The van der Waals surface area contributed by atoms with E-state index < -0.39 is 24.2 Å². The zero-order chi connectivity index (χ0) is 15.3. The third-order valence-corrected chi connectivity index (χ3v) is 3.54. The van der Waals surface area contributed by atoms with Crippen molar-refractivity contribution in [2.45, 2.75) is 64.3 Å². The quantitative estimate of drug-likeness (QED) is 0.683. The van der Waals surface area contributed by atoms with Crippen LogP contribution in [0.3, 0.4) is 0 Å². The lowest BCUT2D eigenvalue weighted by molar-refractivity contribution is -0.133. The van der Waals surface area contributed by atoms with E-state index in [1.807, 2.05) is 13.8 Å². The normalized spacial score (nSPS) is 25.0. The SMILES string of the molecule is CCC(CC)O[C@@H]1C=C(C(=O)O)C[C@H](N)[C@H]1NC(C)=O.Cl. The van der Waals surface area contributed by atoms with Gasteiger partial charge in [0.15, 0.2) is 0 Å². The van der Waals surface area contributed by atoms with Crippen molar-refractivity contribution in [3.63, 3.8) is 0 Å². The lowest BCUT2D eigenvalue weighted by atomic mass is 9.88. The molecule has 0 aromatic rings. The minimum absolute atomic E-state index is 0. The van der Waals surface area contributed by atoms with E-state index in [4.69, 9.17) is 15.6 Å². The number of nitrogens with one attached hydrogen (secondary N) is 1. The van der Waals surface area contributed by atoms with Gasteiger partial charge in [0.2, 0.25) is 5.91 Å². The van der Waals surface area contributed by atoms with Gasteiger partial charge in [0.1, 0.15) is 0 Å². The van der Waals surface area contributed by atoms with Crippen molar-refractivity contribution in [3.05, 3.63) is 11.6 Å². The lowest BCUT2D eigenvalue weighted by Gasteiger charge is -2.36. The summed E-state index contributed by atoms with van der Waals surface area (Å²) < 4.78 is 5.92. The number of carbonyl (C=O) groups excluding carboxylic acids is 1. The van der Waals surface area contributed by atoms with Crippen LogP contribution in [0.5, 0.6) is 0 Å². The Balaban J connectivity index is 0.00000400. The Kier molecular flexibility index (Phi) is 8.54. The highest BCUT2D eigenvalue weighted by Crippen LogP contribution is 2.23. The van der Waals surface area contributed by atoms with Gasteiger partial charge in [-0.25, -0.2) is 4.79 Å². The van der Waals surface area contributed by atoms with Crippen LogP contribution in [0.4, 0.5) is 0 Å². The first kappa shape index (κ1) is 19.9. The number of carboxylic acid groups (broad SMARTS) is 1. The predicted molar refractivity (Wildman–Crippen MR) is 82.4 cm³/mol. The summed E-state index contributed by atoms with van der Waals surface area (Å²) in [4.78, 5) is 22.4. The fourth-order valence-electron chi connectivity index (χ4n) is 2.40. The first-order valence-corrected chi connectivity index (χ1v) is 7.01. The monoisotopic (exact) mass is 320 g/mol. The predicted octanol–water partition coefficient (Wildman–Crippen LogP) is 1.23. The smallest absolute Gasteiger partial charge is 0.331 e. The summed E-state index contributed by atoms with van der Waals surface area (Å²) in [5.74, 6) is -1.18. The van der Waals surface area contributed by atoms with Crippen LogP contribution in [0.15, 0.2) is 11.6 Å². The van der Waals surface area contributed by atoms with Crippen LogP contribution in [0, 0.1) is 0 Å². The van der Waals surface area contributed by atoms with E-state index >= 15 is 0 Å². The number of nitrogens with two attached hydrogens (primary N) is 1. The molecule has 122 valence electrons. The van der Waals surface area contributed by atoms with Crippen LogP contribution in [-0.4, -0.2) is 41.3 Å². The molecule has 0 radical (unpaired) electrons.